The molecule has 0 saturated carbocycles. The molecule has 0 fully saturated rings. The predicted molar refractivity (Wildman–Crippen MR) is 82.2 cm³/mol. The molecule has 2 aromatic rings. The van der Waals surface area contributed by atoms with Crippen LogP contribution in [-0.2, 0) is 25.6 Å². The fraction of sp³-hybridized carbons (Fsp3) is 0.143. The van der Waals surface area contributed by atoms with Crippen LogP contribution >= 0.6 is 0 Å². The average Bonchev–Trinajstić information content (AvgIpc) is 2.42. The third-order valence-electron chi connectivity index (χ3n) is 2.86. The van der Waals surface area contributed by atoms with Crippen LogP contribution in [-0.4, -0.2) is 23.1 Å². The van der Waals surface area contributed by atoms with Crippen molar-refractivity contribution < 1.29 is 25.6 Å². The highest BCUT2D eigenvalue weighted by Crippen LogP contribution is 2.23. The van der Waals surface area contributed by atoms with Crippen molar-refractivity contribution in [1.29, 1.82) is 0 Å². The van der Waals surface area contributed by atoms with Crippen LogP contribution in [0.5, 0.6) is 0 Å². The van der Waals surface area contributed by atoms with Gasteiger partial charge in [-0.2, -0.15) is 0 Å². The van der Waals surface area contributed by atoms with Gasteiger partial charge in [0.15, 0.2) is 9.84 Å². The van der Waals surface area contributed by atoms with E-state index in [0.717, 1.165) is 12.3 Å². The molecule has 0 aromatic heterocycles. The number of rotatable bonds is 5. The Balaban J connectivity index is 2.44. The van der Waals surface area contributed by atoms with Crippen LogP contribution in [0.2, 0.25) is 0 Å². The zero-order chi connectivity index (χ0) is 17.3. The summed E-state index contributed by atoms with van der Waals surface area (Å²) in [4.78, 5) is -0.855. The molecule has 0 aliphatic heterocycles. The summed E-state index contributed by atoms with van der Waals surface area (Å²) in [5.74, 6) is -2.41. The van der Waals surface area contributed by atoms with Gasteiger partial charge in [0.2, 0.25) is 0 Å². The first-order chi connectivity index (χ1) is 10.6. The Morgan fingerprint density at radius 1 is 1.00 bits per heavy atom. The summed E-state index contributed by atoms with van der Waals surface area (Å²) < 4.78 is 76.2. The number of halogens is 2. The minimum Gasteiger partial charge on any atom is -0.279 e. The Labute approximate surface area is 132 Å². The number of benzene rings is 2. The van der Waals surface area contributed by atoms with E-state index in [2.05, 4.69) is 4.72 Å². The standard InChI is InChI=1S/C14H13F2NO4S2/c1-22(18,19)9-10-4-2-3-5-13(10)17-23(20,21)14-8-11(15)6-7-12(14)16/h2-8,17H,9H2,1H3. The maximum absolute atomic E-state index is 13.7. The smallest absolute Gasteiger partial charge is 0.264 e. The maximum Gasteiger partial charge on any atom is 0.264 e. The highest BCUT2D eigenvalue weighted by atomic mass is 32.2. The third kappa shape index (κ3) is 4.49. The summed E-state index contributed by atoms with van der Waals surface area (Å²) in [5, 5.41) is 0. The third-order valence-corrected chi connectivity index (χ3v) is 5.08. The van der Waals surface area contributed by atoms with Gasteiger partial charge < -0.3 is 0 Å². The lowest BCUT2D eigenvalue weighted by Gasteiger charge is -2.12. The Hall–Kier alpha value is -2.00. The molecule has 1 N–H and O–H groups in total. The van der Waals surface area contributed by atoms with Gasteiger partial charge in [0.05, 0.1) is 11.4 Å². The first kappa shape index (κ1) is 17.4. The van der Waals surface area contributed by atoms with Crippen molar-refractivity contribution in [2.75, 3.05) is 11.0 Å². The van der Waals surface area contributed by atoms with E-state index in [1.54, 1.807) is 6.07 Å². The van der Waals surface area contributed by atoms with Crippen molar-refractivity contribution in [2.24, 2.45) is 0 Å². The van der Waals surface area contributed by atoms with Crippen molar-refractivity contribution in [3.63, 3.8) is 0 Å². The molecule has 0 saturated heterocycles. The van der Waals surface area contributed by atoms with E-state index in [0.29, 0.717) is 12.1 Å². The lowest BCUT2D eigenvalue weighted by molar-refractivity contribution is 0.555. The van der Waals surface area contributed by atoms with E-state index in [4.69, 9.17) is 0 Å². The zero-order valence-corrected chi connectivity index (χ0v) is 13.6. The van der Waals surface area contributed by atoms with Crippen molar-refractivity contribution >= 4 is 25.5 Å². The van der Waals surface area contributed by atoms with Crippen LogP contribution in [0.15, 0.2) is 47.4 Å². The highest BCUT2D eigenvalue weighted by Gasteiger charge is 2.21. The second-order valence-corrected chi connectivity index (χ2v) is 8.70. The van der Waals surface area contributed by atoms with E-state index in [1.165, 1.54) is 18.2 Å². The van der Waals surface area contributed by atoms with Gasteiger partial charge in [-0.1, -0.05) is 18.2 Å². The van der Waals surface area contributed by atoms with Crippen LogP contribution in [0.4, 0.5) is 14.5 Å². The van der Waals surface area contributed by atoms with E-state index < -0.39 is 42.1 Å². The van der Waals surface area contributed by atoms with Crippen molar-refractivity contribution in [1.82, 2.24) is 0 Å². The number of hydrogen-bond acceptors (Lipinski definition) is 4. The van der Waals surface area contributed by atoms with Crippen LogP contribution in [0, 0.1) is 11.6 Å². The molecule has 0 unspecified atom stereocenters. The van der Waals surface area contributed by atoms with Crippen molar-refractivity contribution in [3.05, 3.63) is 59.7 Å². The molecule has 0 atom stereocenters. The van der Waals surface area contributed by atoms with Gasteiger partial charge in [0, 0.05) is 6.26 Å². The number of nitrogens with one attached hydrogen (secondary N) is 1. The van der Waals surface area contributed by atoms with Crippen LogP contribution in [0.3, 0.4) is 0 Å². The van der Waals surface area contributed by atoms with Gasteiger partial charge in [-0.05, 0) is 29.8 Å². The zero-order valence-electron chi connectivity index (χ0n) is 12.0. The SMILES string of the molecule is CS(=O)(=O)Cc1ccccc1NS(=O)(=O)c1cc(F)ccc1F. The second-order valence-electron chi connectivity index (χ2n) is 4.91. The molecule has 9 heteroatoms. The molecule has 124 valence electrons. The predicted octanol–water partition coefficient (Wildman–Crippen LogP) is 2.31. The van der Waals surface area contributed by atoms with Gasteiger partial charge in [-0.25, -0.2) is 25.6 Å². The lowest BCUT2D eigenvalue weighted by atomic mass is 10.2. The molecular weight excluding hydrogens is 348 g/mol. The first-order valence-corrected chi connectivity index (χ1v) is 9.86. The quantitative estimate of drug-likeness (QED) is 0.886. The molecule has 23 heavy (non-hydrogen) atoms. The number of sulfone groups is 1. The van der Waals surface area contributed by atoms with Crippen molar-refractivity contribution in [2.45, 2.75) is 10.6 Å². The Bertz CT molecular complexity index is 941. The normalized spacial score (nSPS) is 12.1. The summed E-state index contributed by atoms with van der Waals surface area (Å²) in [7, 11) is -7.81. The number of hydrogen-bond donors (Lipinski definition) is 1. The molecule has 0 aliphatic rings. The van der Waals surface area contributed by atoms with Crippen LogP contribution in [0.1, 0.15) is 5.56 Å². The van der Waals surface area contributed by atoms with E-state index in [-0.39, 0.29) is 11.3 Å². The minimum absolute atomic E-state index is 0.0124. The summed E-state index contributed by atoms with van der Waals surface area (Å²) in [5.41, 5.74) is 0.192. The topological polar surface area (TPSA) is 80.3 Å². The Kier molecular flexibility index (Phi) is 4.71. The number of para-hydroxylation sites is 1. The van der Waals surface area contributed by atoms with Crippen molar-refractivity contribution in [3.8, 4) is 0 Å². The van der Waals surface area contributed by atoms with E-state index in [9.17, 15) is 25.6 Å². The fourth-order valence-electron chi connectivity index (χ4n) is 1.91. The molecule has 0 radical (unpaired) electrons. The van der Waals surface area contributed by atoms with Gasteiger partial charge in [0.1, 0.15) is 16.5 Å². The molecule has 0 aliphatic carbocycles. The van der Waals surface area contributed by atoms with E-state index in [1.807, 2.05) is 0 Å². The summed E-state index contributed by atoms with van der Waals surface area (Å²) in [6, 6.07) is 7.86. The maximum atomic E-state index is 13.7. The Morgan fingerprint density at radius 3 is 2.30 bits per heavy atom. The van der Waals surface area contributed by atoms with Gasteiger partial charge in [-0.15, -0.1) is 0 Å². The molecule has 2 rings (SSSR count). The van der Waals surface area contributed by atoms with E-state index >= 15 is 0 Å². The van der Waals surface area contributed by atoms with Gasteiger partial charge in [-0.3, -0.25) is 4.72 Å². The highest BCUT2D eigenvalue weighted by molar-refractivity contribution is 7.92. The monoisotopic (exact) mass is 361 g/mol. The largest absolute Gasteiger partial charge is 0.279 e. The molecule has 2 aromatic carbocycles. The number of sulfonamides is 1. The number of anilines is 1. The van der Waals surface area contributed by atoms with Crippen LogP contribution in [0.25, 0.3) is 0 Å². The average molecular weight is 361 g/mol. The molecule has 0 amide bonds. The lowest BCUT2D eigenvalue weighted by Crippen LogP contribution is -2.16. The second kappa shape index (κ2) is 6.25. The molecule has 5 nitrogen and oxygen atoms in total. The molecule has 0 bridgehead atoms. The van der Waals surface area contributed by atoms with Gasteiger partial charge >= 0.3 is 0 Å². The molecule has 0 spiro atoms. The molecule has 0 heterocycles. The summed E-state index contributed by atoms with van der Waals surface area (Å²) >= 11 is 0. The molecular formula is C14H13F2NO4S2. The Morgan fingerprint density at radius 2 is 1.65 bits per heavy atom. The fourth-order valence-corrected chi connectivity index (χ4v) is 3.92. The minimum atomic E-state index is -4.40. The van der Waals surface area contributed by atoms with Gasteiger partial charge in [0.25, 0.3) is 10.0 Å². The summed E-state index contributed by atoms with van der Waals surface area (Å²) in [6.07, 6.45) is 1.00. The van der Waals surface area contributed by atoms with Crippen LogP contribution < -0.4 is 4.72 Å². The first-order valence-electron chi connectivity index (χ1n) is 6.32. The summed E-state index contributed by atoms with van der Waals surface area (Å²) in [6.45, 7) is 0.